The first-order chi connectivity index (χ1) is 6.75. The average molecular weight is 199 g/mol. The van der Waals surface area contributed by atoms with Gasteiger partial charge in [0.05, 0.1) is 6.10 Å². The van der Waals surface area contributed by atoms with E-state index >= 15 is 0 Å². The molecule has 0 amide bonds. The minimum atomic E-state index is 0.0981. The van der Waals surface area contributed by atoms with Gasteiger partial charge in [-0.1, -0.05) is 0 Å². The standard InChI is InChI=1S/C11H21NO2/c1-12(2)8-9-7-10(9)14-11-5-3-4-6-13-11/h9-11H,3-8H2,1-2H3. The lowest BCUT2D eigenvalue weighted by Gasteiger charge is -2.23. The minimum absolute atomic E-state index is 0.0981. The van der Waals surface area contributed by atoms with Crippen LogP contribution in [0.5, 0.6) is 0 Å². The van der Waals surface area contributed by atoms with Crippen molar-refractivity contribution in [2.24, 2.45) is 5.92 Å². The molecule has 1 aliphatic heterocycles. The third kappa shape index (κ3) is 2.94. The van der Waals surface area contributed by atoms with Crippen molar-refractivity contribution >= 4 is 0 Å². The Morgan fingerprint density at radius 3 is 2.86 bits per heavy atom. The SMILES string of the molecule is CN(C)CC1CC1OC1CCCCO1. The Labute approximate surface area is 86.4 Å². The number of ether oxygens (including phenoxy) is 2. The zero-order valence-electron chi connectivity index (χ0n) is 9.24. The molecule has 2 fully saturated rings. The van der Waals surface area contributed by atoms with Gasteiger partial charge in [0.2, 0.25) is 0 Å². The predicted octanol–water partition coefficient (Wildman–Crippen LogP) is 1.48. The summed E-state index contributed by atoms with van der Waals surface area (Å²) in [5.74, 6) is 0.746. The van der Waals surface area contributed by atoms with Crippen molar-refractivity contribution in [1.29, 1.82) is 0 Å². The number of rotatable bonds is 4. The highest BCUT2D eigenvalue weighted by Crippen LogP contribution is 2.36. The van der Waals surface area contributed by atoms with E-state index in [1.54, 1.807) is 0 Å². The van der Waals surface area contributed by atoms with E-state index in [9.17, 15) is 0 Å². The molecule has 1 heterocycles. The van der Waals surface area contributed by atoms with Crippen LogP contribution in [0, 0.1) is 5.92 Å². The molecule has 14 heavy (non-hydrogen) atoms. The summed E-state index contributed by atoms with van der Waals surface area (Å²) < 4.78 is 11.4. The first kappa shape index (κ1) is 10.4. The molecule has 0 aromatic carbocycles. The highest BCUT2D eigenvalue weighted by molar-refractivity contribution is 4.89. The summed E-state index contributed by atoms with van der Waals surface area (Å²) in [6.45, 7) is 2.03. The van der Waals surface area contributed by atoms with Crippen molar-refractivity contribution in [2.45, 2.75) is 38.1 Å². The van der Waals surface area contributed by atoms with E-state index in [4.69, 9.17) is 9.47 Å². The van der Waals surface area contributed by atoms with Crippen molar-refractivity contribution in [3.63, 3.8) is 0 Å². The summed E-state index contributed by atoms with van der Waals surface area (Å²) in [7, 11) is 4.24. The van der Waals surface area contributed by atoms with Gasteiger partial charge in [0.25, 0.3) is 0 Å². The van der Waals surface area contributed by atoms with Crippen LogP contribution < -0.4 is 0 Å². The average Bonchev–Trinajstić information content (AvgIpc) is 2.84. The molecule has 0 N–H and O–H groups in total. The molecule has 1 saturated carbocycles. The minimum Gasteiger partial charge on any atom is -0.353 e. The molecule has 0 aromatic heterocycles. The third-order valence-electron chi connectivity index (χ3n) is 2.92. The zero-order chi connectivity index (χ0) is 9.97. The summed E-state index contributed by atoms with van der Waals surface area (Å²) in [6, 6.07) is 0. The summed E-state index contributed by atoms with van der Waals surface area (Å²) in [5.41, 5.74) is 0. The molecular weight excluding hydrogens is 178 g/mol. The Hall–Kier alpha value is -0.120. The monoisotopic (exact) mass is 199 g/mol. The van der Waals surface area contributed by atoms with E-state index in [1.165, 1.54) is 19.3 Å². The van der Waals surface area contributed by atoms with Crippen LogP contribution in [0.15, 0.2) is 0 Å². The molecule has 0 radical (unpaired) electrons. The van der Waals surface area contributed by atoms with Crippen LogP contribution >= 0.6 is 0 Å². The number of hydrogen-bond donors (Lipinski definition) is 0. The summed E-state index contributed by atoms with van der Waals surface area (Å²) in [4.78, 5) is 2.23. The lowest BCUT2D eigenvalue weighted by Crippen LogP contribution is -2.25. The summed E-state index contributed by atoms with van der Waals surface area (Å²) >= 11 is 0. The van der Waals surface area contributed by atoms with Gasteiger partial charge in [0.15, 0.2) is 6.29 Å². The number of nitrogens with zero attached hydrogens (tertiary/aromatic N) is 1. The fourth-order valence-corrected chi connectivity index (χ4v) is 2.06. The first-order valence-corrected chi connectivity index (χ1v) is 5.67. The van der Waals surface area contributed by atoms with E-state index in [1.807, 2.05) is 0 Å². The van der Waals surface area contributed by atoms with Crippen LogP contribution in [0.2, 0.25) is 0 Å². The fourth-order valence-electron chi connectivity index (χ4n) is 2.06. The molecule has 3 unspecified atom stereocenters. The Morgan fingerprint density at radius 2 is 2.21 bits per heavy atom. The van der Waals surface area contributed by atoms with Crippen molar-refractivity contribution in [1.82, 2.24) is 4.90 Å². The van der Waals surface area contributed by atoms with E-state index < -0.39 is 0 Å². The van der Waals surface area contributed by atoms with Crippen LogP contribution in [-0.2, 0) is 9.47 Å². The zero-order valence-corrected chi connectivity index (χ0v) is 9.24. The van der Waals surface area contributed by atoms with Gasteiger partial charge >= 0.3 is 0 Å². The lowest BCUT2D eigenvalue weighted by molar-refractivity contribution is -0.171. The van der Waals surface area contributed by atoms with Gasteiger partial charge in [-0.15, -0.1) is 0 Å². The Bertz CT molecular complexity index is 178. The van der Waals surface area contributed by atoms with Gasteiger partial charge in [-0.25, -0.2) is 0 Å². The van der Waals surface area contributed by atoms with Gasteiger partial charge in [-0.3, -0.25) is 0 Å². The summed E-state index contributed by atoms with van der Waals surface area (Å²) in [5, 5.41) is 0. The molecule has 3 atom stereocenters. The van der Waals surface area contributed by atoms with Gasteiger partial charge in [0.1, 0.15) is 0 Å². The van der Waals surface area contributed by atoms with Crippen molar-refractivity contribution in [3.8, 4) is 0 Å². The highest BCUT2D eigenvalue weighted by atomic mass is 16.7. The van der Waals surface area contributed by atoms with Crippen LogP contribution in [0.25, 0.3) is 0 Å². The smallest absolute Gasteiger partial charge is 0.157 e. The molecule has 2 aliphatic rings. The van der Waals surface area contributed by atoms with Gasteiger partial charge < -0.3 is 14.4 Å². The Balaban J connectivity index is 1.62. The number of hydrogen-bond acceptors (Lipinski definition) is 3. The molecule has 0 spiro atoms. The molecule has 2 rings (SSSR count). The second-order valence-electron chi connectivity index (χ2n) is 4.73. The highest BCUT2D eigenvalue weighted by Gasteiger charge is 2.40. The Morgan fingerprint density at radius 1 is 1.36 bits per heavy atom. The predicted molar refractivity (Wildman–Crippen MR) is 55.1 cm³/mol. The maximum Gasteiger partial charge on any atom is 0.157 e. The largest absolute Gasteiger partial charge is 0.353 e. The van der Waals surface area contributed by atoms with Gasteiger partial charge in [-0.2, -0.15) is 0 Å². The molecule has 3 heteroatoms. The molecule has 0 bridgehead atoms. The maximum absolute atomic E-state index is 5.87. The normalized spacial score (nSPS) is 37.5. The van der Waals surface area contributed by atoms with Gasteiger partial charge in [0, 0.05) is 19.1 Å². The van der Waals surface area contributed by atoms with Crippen LogP contribution in [0.1, 0.15) is 25.7 Å². The molecule has 0 aromatic rings. The molecule has 3 nitrogen and oxygen atoms in total. The topological polar surface area (TPSA) is 21.7 Å². The van der Waals surface area contributed by atoms with Crippen molar-refractivity contribution < 1.29 is 9.47 Å². The van der Waals surface area contributed by atoms with Crippen LogP contribution in [-0.4, -0.2) is 44.5 Å². The molecule has 1 aliphatic carbocycles. The quantitative estimate of drug-likeness (QED) is 0.684. The lowest BCUT2D eigenvalue weighted by atomic mass is 10.2. The van der Waals surface area contributed by atoms with Gasteiger partial charge in [-0.05, 0) is 39.8 Å². The summed E-state index contributed by atoms with van der Waals surface area (Å²) in [6.07, 6.45) is 5.34. The van der Waals surface area contributed by atoms with E-state index in [2.05, 4.69) is 19.0 Å². The second-order valence-corrected chi connectivity index (χ2v) is 4.73. The van der Waals surface area contributed by atoms with Crippen molar-refractivity contribution in [2.75, 3.05) is 27.2 Å². The van der Waals surface area contributed by atoms with E-state index in [0.29, 0.717) is 6.10 Å². The molecule has 82 valence electrons. The van der Waals surface area contributed by atoms with E-state index in [0.717, 1.165) is 25.5 Å². The van der Waals surface area contributed by atoms with Crippen LogP contribution in [0.3, 0.4) is 0 Å². The third-order valence-corrected chi connectivity index (χ3v) is 2.92. The first-order valence-electron chi connectivity index (χ1n) is 5.67. The molecular formula is C11H21NO2. The van der Waals surface area contributed by atoms with E-state index in [-0.39, 0.29) is 6.29 Å². The second kappa shape index (κ2) is 4.60. The van der Waals surface area contributed by atoms with Crippen molar-refractivity contribution in [3.05, 3.63) is 0 Å². The van der Waals surface area contributed by atoms with Crippen LogP contribution in [0.4, 0.5) is 0 Å². The fraction of sp³-hybridized carbons (Fsp3) is 1.00. The molecule has 1 saturated heterocycles. The Kier molecular flexibility index (Phi) is 3.42. The maximum atomic E-state index is 5.87.